The zero-order chi connectivity index (χ0) is 29.7. The molecule has 4 rings (SSSR count). The summed E-state index contributed by atoms with van der Waals surface area (Å²) < 4.78 is 21.7. The molecule has 7 nitrogen and oxygen atoms in total. The number of carbonyl (C=O) groups is 1. The number of carbonyl (C=O) groups excluding carboxylic acids is 1. The first-order valence-corrected chi connectivity index (χ1v) is 17.9. The van der Waals surface area contributed by atoms with Crippen LogP contribution < -0.4 is 5.43 Å². The van der Waals surface area contributed by atoms with E-state index < -0.39 is 8.07 Å². The second-order valence-corrected chi connectivity index (χ2v) is 17.8. The van der Waals surface area contributed by atoms with Gasteiger partial charge in [0.1, 0.15) is 12.5 Å². The van der Waals surface area contributed by atoms with Crippen LogP contribution in [0.5, 0.6) is 0 Å². The minimum atomic E-state index is -1.25. The zero-order valence-corrected chi connectivity index (χ0v) is 25.6. The molecule has 0 N–H and O–H groups in total. The average Bonchev–Trinajstić information content (AvgIpc) is 3.43. The number of halogens is 1. The van der Waals surface area contributed by atoms with Gasteiger partial charge in [-0.05, 0) is 67.1 Å². The molecule has 41 heavy (non-hydrogen) atoms. The lowest BCUT2D eigenvalue weighted by molar-refractivity contribution is 0.0648. The van der Waals surface area contributed by atoms with Crippen LogP contribution in [0.2, 0.25) is 25.7 Å². The third-order valence-electron chi connectivity index (χ3n) is 7.87. The lowest BCUT2D eigenvalue weighted by atomic mass is 9.77. The van der Waals surface area contributed by atoms with Gasteiger partial charge in [-0.15, -0.1) is 0 Å². The van der Waals surface area contributed by atoms with E-state index in [4.69, 9.17) is 4.74 Å². The van der Waals surface area contributed by atoms with Gasteiger partial charge in [-0.3, -0.25) is 9.59 Å². The van der Waals surface area contributed by atoms with Crippen LogP contribution in [0, 0.1) is 30.0 Å². The van der Waals surface area contributed by atoms with Crippen LogP contribution in [0.15, 0.2) is 59.5 Å². The second-order valence-electron chi connectivity index (χ2n) is 12.2. The lowest BCUT2D eigenvalue weighted by Gasteiger charge is -2.35. The van der Waals surface area contributed by atoms with E-state index in [9.17, 15) is 19.2 Å². The van der Waals surface area contributed by atoms with Crippen LogP contribution in [-0.2, 0) is 11.5 Å². The van der Waals surface area contributed by atoms with Gasteiger partial charge in [0.2, 0.25) is 5.43 Å². The molecule has 1 fully saturated rings. The molecule has 0 spiro atoms. The number of hydrogen-bond acceptors (Lipinski definition) is 5. The Morgan fingerprint density at radius 2 is 1.93 bits per heavy atom. The molecule has 1 aliphatic heterocycles. The van der Waals surface area contributed by atoms with Crippen LogP contribution in [0.1, 0.15) is 58.4 Å². The Kier molecular flexibility index (Phi) is 9.56. The molecule has 0 radical (unpaired) electrons. The Balaban J connectivity index is 1.62. The topological polar surface area (TPSA) is 88.2 Å². The SMILES string of the molecule is Cc1cn(COCC[Si](C)(C)C)nc(C(=O)N2CCC[C@@H]2[C@H](C)[C@H](c2ccc(C#N)cc2)c2cccc(F)c2)c1=O. The van der Waals surface area contributed by atoms with Crippen molar-refractivity contribution in [3.05, 3.63) is 98.7 Å². The maximum atomic E-state index is 14.4. The van der Waals surface area contributed by atoms with Crippen molar-refractivity contribution < 1.29 is 13.9 Å². The van der Waals surface area contributed by atoms with Gasteiger partial charge in [0.15, 0.2) is 5.69 Å². The number of amides is 1. The highest BCUT2D eigenvalue weighted by Crippen LogP contribution is 2.39. The monoisotopic (exact) mass is 574 g/mol. The van der Waals surface area contributed by atoms with Crippen molar-refractivity contribution in [2.24, 2.45) is 5.92 Å². The van der Waals surface area contributed by atoms with E-state index in [0.29, 0.717) is 24.3 Å². The molecule has 1 aliphatic rings. The van der Waals surface area contributed by atoms with Crippen molar-refractivity contribution in [1.29, 1.82) is 5.26 Å². The van der Waals surface area contributed by atoms with Crippen LogP contribution in [-0.4, -0.2) is 47.9 Å². The average molecular weight is 575 g/mol. The van der Waals surface area contributed by atoms with E-state index >= 15 is 0 Å². The Labute approximate surface area is 242 Å². The van der Waals surface area contributed by atoms with Crippen LogP contribution >= 0.6 is 0 Å². The van der Waals surface area contributed by atoms with Gasteiger partial charge < -0.3 is 9.64 Å². The van der Waals surface area contributed by atoms with E-state index in [-0.39, 0.29) is 47.5 Å². The number of nitriles is 1. The Hall–Kier alpha value is -3.61. The molecule has 0 aliphatic carbocycles. The third kappa shape index (κ3) is 7.37. The Morgan fingerprint density at radius 1 is 1.20 bits per heavy atom. The largest absolute Gasteiger partial charge is 0.360 e. The summed E-state index contributed by atoms with van der Waals surface area (Å²) in [5.74, 6) is -1.04. The molecule has 1 amide bonds. The molecule has 216 valence electrons. The number of hydrogen-bond donors (Lipinski definition) is 0. The fourth-order valence-corrected chi connectivity index (χ4v) is 6.38. The van der Waals surface area contributed by atoms with Gasteiger partial charge in [-0.2, -0.15) is 10.4 Å². The van der Waals surface area contributed by atoms with Crippen molar-refractivity contribution in [3.8, 4) is 6.07 Å². The summed E-state index contributed by atoms with van der Waals surface area (Å²) >= 11 is 0. The summed E-state index contributed by atoms with van der Waals surface area (Å²) in [6.07, 6.45) is 3.18. The fraction of sp³-hybridized carbons (Fsp3) is 0.438. The summed E-state index contributed by atoms with van der Waals surface area (Å²) in [6, 6.07) is 16.8. The number of aromatic nitrogens is 2. The van der Waals surface area contributed by atoms with Crippen LogP contribution in [0.4, 0.5) is 4.39 Å². The summed E-state index contributed by atoms with van der Waals surface area (Å²) in [6.45, 7) is 11.9. The predicted molar refractivity (Wildman–Crippen MR) is 160 cm³/mol. The molecule has 2 heterocycles. The summed E-state index contributed by atoms with van der Waals surface area (Å²) in [5, 5.41) is 13.7. The molecule has 1 saturated heterocycles. The third-order valence-corrected chi connectivity index (χ3v) is 9.57. The molecule has 3 aromatic rings. The number of likely N-dealkylation sites (tertiary alicyclic amines) is 1. The summed E-state index contributed by atoms with van der Waals surface area (Å²) in [4.78, 5) is 28.8. The molecular formula is C32H39FN4O3Si. The van der Waals surface area contributed by atoms with Gasteiger partial charge in [0.05, 0.1) is 11.6 Å². The first-order chi connectivity index (χ1) is 19.5. The minimum absolute atomic E-state index is 0.0985. The second kappa shape index (κ2) is 12.9. The maximum Gasteiger partial charge on any atom is 0.278 e. The molecule has 2 aromatic carbocycles. The highest BCUT2D eigenvalue weighted by molar-refractivity contribution is 6.76. The summed E-state index contributed by atoms with van der Waals surface area (Å²) in [7, 11) is -1.25. The van der Waals surface area contributed by atoms with E-state index in [1.165, 1.54) is 16.8 Å². The van der Waals surface area contributed by atoms with Gasteiger partial charge in [0, 0.05) is 44.9 Å². The maximum absolute atomic E-state index is 14.4. The van der Waals surface area contributed by atoms with Crippen molar-refractivity contribution in [3.63, 3.8) is 0 Å². The number of benzene rings is 2. The molecule has 9 heteroatoms. The smallest absolute Gasteiger partial charge is 0.278 e. The molecular weight excluding hydrogens is 535 g/mol. The molecule has 3 atom stereocenters. The van der Waals surface area contributed by atoms with Crippen molar-refractivity contribution in [2.45, 2.75) is 71.1 Å². The number of aryl methyl sites for hydroxylation is 1. The van der Waals surface area contributed by atoms with E-state index in [1.807, 2.05) is 18.2 Å². The highest BCUT2D eigenvalue weighted by Gasteiger charge is 2.39. The van der Waals surface area contributed by atoms with Crippen molar-refractivity contribution >= 4 is 14.0 Å². The van der Waals surface area contributed by atoms with Gasteiger partial charge in [-0.25, -0.2) is 9.07 Å². The van der Waals surface area contributed by atoms with E-state index in [1.54, 1.807) is 36.2 Å². The Bertz CT molecular complexity index is 1480. The fourth-order valence-electron chi connectivity index (χ4n) is 5.63. The first-order valence-electron chi connectivity index (χ1n) is 14.2. The normalized spacial score (nSPS) is 16.8. The van der Waals surface area contributed by atoms with Crippen LogP contribution in [0.25, 0.3) is 0 Å². The van der Waals surface area contributed by atoms with E-state index in [0.717, 1.165) is 30.0 Å². The standard InChI is InChI=1S/C32H39FN4O3Si/c1-22-20-36(21-40-16-17-41(3,4)5)35-30(31(22)38)32(39)37-15-7-10-28(37)23(2)29(26-8-6-9-27(33)18-26)25-13-11-24(19-34)12-14-25/h6,8-9,11-14,18,20,23,28-29H,7,10,15-17,21H2,1-5H3/t23-,28+,29+/m0/s1. The number of nitrogens with zero attached hydrogens (tertiary/aromatic N) is 4. The van der Waals surface area contributed by atoms with Gasteiger partial charge in [-0.1, -0.05) is 50.8 Å². The summed E-state index contributed by atoms with van der Waals surface area (Å²) in [5.41, 5.74) is 2.25. The predicted octanol–water partition coefficient (Wildman–Crippen LogP) is 5.95. The van der Waals surface area contributed by atoms with E-state index in [2.05, 4.69) is 37.7 Å². The molecule has 0 saturated carbocycles. The van der Waals surface area contributed by atoms with Gasteiger partial charge >= 0.3 is 0 Å². The highest BCUT2D eigenvalue weighted by atomic mass is 28.3. The van der Waals surface area contributed by atoms with Gasteiger partial charge in [0.25, 0.3) is 5.91 Å². The molecule has 1 aromatic heterocycles. The lowest BCUT2D eigenvalue weighted by Crippen LogP contribution is -2.44. The molecule has 0 bridgehead atoms. The number of rotatable bonds is 10. The zero-order valence-electron chi connectivity index (χ0n) is 24.6. The Morgan fingerprint density at radius 3 is 2.59 bits per heavy atom. The van der Waals surface area contributed by atoms with Crippen molar-refractivity contribution in [1.82, 2.24) is 14.7 Å². The van der Waals surface area contributed by atoms with Crippen molar-refractivity contribution in [2.75, 3.05) is 13.2 Å². The minimum Gasteiger partial charge on any atom is -0.360 e. The number of ether oxygens (including phenoxy) is 1. The molecule has 0 unspecified atom stereocenters. The van der Waals surface area contributed by atoms with Crippen LogP contribution in [0.3, 0.4) is 0 Å². The first kappa shape index (κ1) is 30.3. The quantitative estimate of drug-likeness (QED) is 0.221.